The van der Waals surface area contributed by atoms with Gasteiger partial charge in [0.05, 0.1) is 11.9 Å². The molecule has 0 atom stereocenters. The molecular formula is C21H24ClF2N7O. The summed E-state index contributed by atoms with van der Waals surface area (Å²) in [7, 11) is 0. The van der Waals surface area contributed by atoms with Gasteiger partial charge < -0.3 is 10.6 Å². The third-order valence-corrected chi connectivity index (χ3v) is 5.26. The molecule has 0 saturated carbocycles. The molecule has 0 bridgehead atoms. The van der Waals surface area contributed by atoms with E-state index >= 15 is 0 Å². The van der Waals surface area contributed by atoms with Crippen LogP contribution in [0.1, 0.15) is 11.3 Å². The van der Waals surface area contributed by atoms with Gasteiger partial charge in [-0.1, -0.05) is 12.2 Å². The van der Waals surface area contributed by atoms with E-state index in [4.69, 9.17) is 5.73 Å². The molecule has 1 saturated heterocycles. The average molecular weight is 464 g/mol. The first-order valence-corrected chi connectivity index (χ1v) is 9.91. The summed E-state index contributed by atoms with van der Waals surface area (Å²) in [5.74, 6) is -0.721. The molecular weight excluding hydrogens is 440 g/mol. The van der Waals surface area contributed by atoms with Crippen molar-refractivity contribution >= 4 is 30.1 Å². The normalized spacial score (nSPS) is 14.7. The maximum Gasteiger partial charge on any atom is 0.254 e. The predicted octanol–water partition coefficient (Wildman–Crippen LogP) is 2.38. The summed E-state index contributed by atoms with van der Waals surface area (Å²) < 4.78 is 28.5. The Balaban J connectivity index is 0.00000289. The second-order valence-electron chi connectivity index (χ2n) is 7.40. The van der Waals surface area contributed by atoms with Gasteiger partial charge in [0.2, 0.25) is 5.95 Å². The molecule has 11 heteroatoms. The van der Waals surface area contributed by atoms with Crippen LogP contribution in [-0.4, -0.2) is 57.4 Å². The van der Waals surface area contributed by atoms with Crippen LogP contribution in [0.5, 0.6) is 0 Å². The molecule has 3 N–H and O–H groups in total. The molecule has 1 fully saturated rings. The number of benzene rings is 1. The molecule has 3 aromatic rings. The van der Waals surface area contributed by atoms with Crippen molar-refractivity contribution in [1.82, 2.24) is 24.6 Å². The molecule has 32 heavy (non-hydrogen) atoms. The highest BCUT2D eigenvalue weighted by Gasteiger charge is 2.17. The number of nitrogen functional groups attached to an aromatic ring is 1. The standard InChI is InChI=1S/C21H23F2N7O.ClH/c1-14-15(13-25-30(14)19-12-20(31)27-21(24)26-19)3-2-4-28-5-7-29(8-6-28)18-10-16(22)9-17(23)11-18;/h2-3,9-13H,4-8H2,1H3,(H3,24,26,27,31);1H. The quantitative estimate of drug-likeness (QED) is 0.603. The molecule has 8 nitrogen and oxygen atoms in total. The summed E-state index contributed by atoms with van der Waals surface area (Å²) in [6.45, 7) is 5.61. The lowest BCUT2D eigenvalue weighted by Crippen LogP contribution is -2.46. The van der Waals surface area contributed by atoms with Crippen molar-refractivity contribution < 1.29 is 8.78 Å². The van der Waals surface area contributed by atoms with Crippen molar-refractivity contribution in [2.75, 3.05) is 43.4 Å². The molecule has 0 unspecified atom stereocenters. The van der Waals surface area contributed by atoms with Gasteiger partial charge >= 0.3 is 0 Å². The van der Waals surface area contributed by atoms with Crippen LogP contribution in [0, 0.1) is 18.6 Å². The highest BCUT2D eigenvalue weighted by molar-refractivity contribution is 5.85. The lowest BCUT2D eigenvalue weighted by atomic mass is 10.2. The zero-order valence-electron chi connectivity index (χ0n) is 17.5. The molecule has 1 aliphatic rings. The van der Waals surface area contributed by atoms with Crippen molar-refractivity contribution in [3.63, 3.8) is 0 Å². The van der Waals surface area contributed by atoms with E-state index in [0.29, 0.717) is 24.6 Å². The Morgan fingerprint density at radius 2 is 1.81 bits per heavy atom. The van der Waals surface area contributed by atoms with E-state index in [0.717, 1.165) is 37.0 Å². The number of aromatic amines is 1. The first-order valence-electron chi connectivity index (χ1n) is 9.91. The Hall–Kier alpha value is -3.24. The largest absolute Gasteiger partial charge is 0.369 e. The number of aromatic nitrogens is 4. The van der Waals surface area contributed by atoms with Crippen molar-refractivity contribution in [3.8, 4) is 5.82 Å². The van der Waals surface area contributed by atoms with E-state index in [9.17, 15) is 13.6 Å². The first kappa shape index (κ1) is 23.4. The molecule has 0 aliphatic carbocycles. The molecule has 3 heterocycles. The minimum Gasteiger partial charge on any atom is -0.369 e. The van der Waals surface area contributed by atoms with Gasteiger partial charge in [0.1, 0.15) is 11.6 Å². The predicted molar refractivity (Wildman–Crippen MR) is 122 cm³/mol. The number of hydrogen-bond donors (Lipinski definition) is 2. The maximum atomic E-state index is 13.4. The van der Waals surface area contributed by atoms with Gasteiger partial charge in [-0.15, -0.1) is 12.4 Å². The van der Waals surface area contributed by atoms with Gasteiger partial charge in [0, 0.05) is 56.1 Å². The number of rotatable bonds is 5. The van der Waals surface area contributed by atoms with Crippen LogP contribution in [0.4, 0.5) is 20.4 Å². The molecule has 1 aromatic carbocycles. The summed E-state index contributed by atoms with van der Waals surface area (Å²) >= 11 is 0. The number of halogens is 3. The summed E-state index contributed by atoms with van der Waals surface area (Å²) in [6.07, 6.45) is 5.73. The molecule has 0 radical (unpaired) electrons. The summed E-state index contributed by atoms with van der Waals surface area (Å²) in [5.41, 5.74) is 7.60. The van der Waals surface area contributed by atoms with E-state index < -0.39 is 11.6 Å². The number of hydrogen-bond acceptors (Lipinski definition) is 6. The van der Waals surface area contributed by atoms with Crippen molar-refractivity contribution in [2.24, 2.45) is 0 Å². The fourth-order valence-corrected chi connectivity index (χ4v) is 3.63. The topological polar surface area (TPSA) is 96.1 Å². The Kier molecular flexibility index (Phi) is 7.26. The summed E-state index contributed by atoms with van der Waals surface area (Å²) in [6, 6.07) is 4.95. The third-order valence-electron chi connectivity index (χ3n) is 5.26. The summed E-state index contributed by atoms with van der Waals surface area (Å²) in [4.78, 5) is 22.4. The van der Waals surface area contributed by atoms with Crippen LogP contribution in [0.2, 0.25) is 0 Å². The number of nitrogens with one attached hydrogen (secondary N) is 1. The lowest BCUT2D eigenvalue weighted by molar-refractivity contribution is 0.284. The van der Waals surface area contributed by atoms with Crippen LogP contribution in [0.25, 0.3) is 11.9 Å². The Morgan fingerprint density at radius 1 is 1.12 bits per heavy atom. The SMILES string of the molecule is Cc1c(C=CCN2CCN(c3cc(F)cc(F)c3)CC2)cnn1-c1cc(=O)[nH]c(N)n1.Cl. The maximum absolute atomic E-state index is 13.4. The van der Waals surface area contributed by atoms with Crippen molar-refractivity contribution in [3.05, 3.63) is 69.8 Å². The fourth-order valence-electron chi connectivity index (χ4n) is 3.63. The number of H-pyrrole nitrogens is 1. The fraction of sp³-hybridized carbons (Fsp3) is 0.286. The molecule has 4 rings (SSSR count). The Bertz CT molecular complexity index is 1150. The molecule has 2 aromatic heterocycles. The van der Waals surface area contributed by atoms with Crippen molar-refractivity contribution in [1.29, 1.82) is 0 Å². The van der Waals surface area contributed by atoms with E-state index in [-0.39, 0.29) is 23.9 Å². The zero-order valence-corrected chi connectivity index (χ0v) is 18.3. The van der Waals surface area contributed by atoms with Crippen LogP contribution in [0.3, 0.4) is 0 Å². The molecule has 1 aliphatic heterocycles. The number of piperazine rings is 1. The van der Waals surface area contributed by atoms with Gasteiger partial charge in [-0.2, -0.15) is 10.1 Å². The minimum atomic E-state index is -0.561. The number of nitrogens with two attached hydrogens (primary N) is 1. The summed E-state index contributed by atoms with van der Waals surface area (Å²) in [5, 5.41) is 4.30. The van der Waals surface area contributed by atoms with Crippen molar-refractivity contribution in [2.45, 2.75) is 6.92 Å². The average Bonchev–Trinajstić information content (AvgIpc) is 3.07. The van der Waals surface area contributed by atoms with Crippen LogP contribution in [0.15, 0.2) is 41.3 Å². The zero-order chi connectivity index (χ0) is 22.0. The molecule has 170 valence electrons. The third kappa shape index (κ3) is 5.32. The monoisotopic (exact) mass is 463 g/mol. The van der Waals surface area contributed by atoms with Gasteiger partial charge in [0.15, 0.2) is 5.82 Å². The number of anilines is 2. The van der Waals surface area contributed by atoms with E-state index in [1.54, 1.807) is 10.9 Å². The number of nitrogens with zero attached hydrogens (tertiary/aromatic N) is 5. The van der Waals surface area contributed by atoms with Gasteiger partial charge in [-0.3, -0.25) is 14.7 Å². The van der Waals surface area contributed by atoms with Gasteiger partial charge in [-0.05, 0) is 19.1 Å². The smallest absolute Gasteiger partial charge is 0.254 e. The second kappa shape index (κ2) is 9.92. The highest BCUT2D eigenvalue weighted by atomic mass is 35.5. The first-order chi connectivity index (χ1) is 14.9. The molecule has 0 amide bonds. The Labute approximate surface area is 189 Å². The Morgan fingerprint density at radius 3 is 2.47 bits per heavy atom. The second-order valence-corrected chi connectivity index (χ2v) is 7.40. The van der Waals surface area contributed by atoms with Gasteiger partial charge in [0.25, 0.3) is 5.56 Å². The minimum absolute atomic E-state index is 0. The highest BCUT2D eigenvalue weighted by Crippen LogP contribution is 2.20. The van der Waals surface area contributed by atoms with Crippen LogP contribution >= 0.6 is 12.4 Å². The van der Waals surface area contributed by atoms with Crippen LogP contribution < -0.4 is 16.2 Å². The van der Waals surface area contributed by atoms with Gasteiger partial charge in [-0.25, -0.2) is 13.5 Å². The lowest BCUT2D eigenvalue weighted by Gasteiger charge is -2.35. The van der Waals surface area contributed by atoms with Crippen LogP contribution in [-0.2, 0) is 0 Å². The van der Waals surface area contributed by atoms with E-state index in [2.05, 4.69) is 20.0 Å². The molecule has 0 spiro atoms. The van der Waals surface area contributed by atoms with E-state index in [1.165, 1.54) is 18.2 Å². The van der Waals surface area contributed by atoms with E-state index in [1.807, 2.05) is 24.0 Å².